The molecule has 1 aliphatic heterocycles. The Morgan fingerprint density at radius 1 is 1.31 bits per heavy atom. The van der Waals surface area contributed by atoms with Gasteiger partial charge in [-0.2, -0.15) is 0 Å². The van der Waals surface area contributed by atoms with Crippen LogP contribution in [0.1, 0.15) is 25.7 Å². The zero-order valence-electron chi connectivity index (χ0n) is 7.51. The van der Waals surface area contributed by atoms with Gasteiger partial charge in [-0.15, -0.1) is 0 Å². The monoisotopic (exact) mass is 182 g/mol. The summed E-state index contributed by atoms with van der Waals surface area (Å²) in [5.74, 6) is 0.469. The van der Waals surface area contributed by atoms with Crippen LogP contribution in [-0.2, 0) is 9.59 Å². The average molecular weight is 182 g/mol. The minimum Gasteiger partial charge on any atom is -0.306 e. The predicted molar refractivity (Wildman–Crippen MR) is 46.9 cm³/mol. The Morgan fingerprint density at radius 2 is 2.08 bits per heavy atom. The SMILES string of the molecule is O=C1CCC(NCC2CC2)C(=O)N1. The van der Waals surface area contributed by atoms with E-state index in [4.69, 9.17) is 0 Å². The van der Waals surface area contributed by atoms with Gasteiger partial charge in [-0.3, -0.25) is 14.9 Å². The first-order valence-electron chi connectivity index (χ1n) is 4.83. The molecule has 0 aromatic rings. The van der Waals surface area contributed by atoms with Gasteiger partial charge in [-0.1, -0.05) is 0 Å². The molecule has 2 aliphatic rings. The van der Waals surface area contributed by atoms with Gasteiger partial charge in [-0.05, 0) is 31.7 Å². The van der Waals surface area contributed by atoms with Crippen molar-refractivity contribution >= 4 is 11.8 Å². The third-order valence-corrected chi connectivity index (χ3v) is 2.59. The Kier molecular flexibility index (Phi) is 2.31. The fourth-order valence-corrected chi connectivity index (χ4v) is 1.52. The molecule has 2 fully saturated rings. The maximum atomic E-state index is 11.2. The minimum atomic E-state index is -0.156. The van der Waals surface area contributed by atoms with E-state index in [9.17, 15) is 9.59 Å². The van der Waals surface area contributed by atoms with Gasteiger partial charge in [0, 0.05) is 6.42 Å². The second-order valence-corrected chi connectivity index (χ2v) is 3.86. The third-order valence-electron chi connectivity index (χ3n) is 2.59. The van der Waals surface area contributed by atoms with Crippen molar-refractivity contribution in [2.24, 2.45) is 5.92 Å². The number of carbonyl (C=O) groups excluding carboxylic acids is 2. The Balaban J connectivity index is 1.77. The Hall–Kier alpha value is -0.900. The van der Waals surface area contributed by atoms with Crippen molar-refractivity contribution < 1.29 is 9.59 Å². The number of rotatable bonds is 3. The van der Waals surface area contributed by atoms with E-state index < -0.39 is 0 Å². The first kappa shape index (κ1) is 8.69. The van der Waals surface area contributed by atoms with Crippen molar-refractivity contribution in [2.45, 2.75) is 31.7 Å². The molecule has 0 radical (unpaired) electrons. The topological polar surface area (TPSA) is 58.2 Å². The van der Waals surface area contributed by atoms with E-state index in [1.807, 2.05) is 0 Å². The molecule has 1 saturated carbocycles. The summed E-state index contributed by atoms with van der Waals surface area (Å²) in [5, 5.41) is 5.52. The normalized spacial score (nSPS) is 28.8. The van der Waals surface area contributed by atoms with Crippen LogP contribution in [0.15, 0.2) is 0 Å². The summed E-state index contributed by atoms with van der Waals surface area (Å²) in [6, 6.07) is -0.140. The molecule has 13 heavy (non-hydrogen) atoms. The highest BCUT2D eigenvalue weighted by molar-refractivity contribution is 6.00. The second kappa shape index (κ2) is 3.46. The highest BCUT2D eigenvalue weighted by Crippen LogP contribution is 2.27. The van der Waals surface area contributed by atoms with E-state index in [0.29, 0.717) is 12.8 Å². The first-order valence-corrected chi connectivity index (χ1v) is 4.83. The van der Waals surface area contributed by atoms with Crippen LogP contribution in [-0.4, -0.2) is 24.4 Å². The Morgan fingerprint density at radius 3 is 2.69 bits per heavy atom. The van der Waals surface area contributed by atoms with Crippen molar-refractivity contribution in [2.75, 3.05) is 6.54 Å². The average Bonchev–Trinajstić information content (AvgIpc) is 2.86. The highest BCUT2D eigenvalue weighted by atomic mass is 16.2. The van der Waals surface area contributed by atoms with E-state index in [0.717, 1.165) is 12.5 Å². The summed E-state index contributed by atoms with van der Waals surface area (Å²) in [6.45, 7) is 0.923. The van der Waals surface area contributed by atoms with Crippen LogP contribution in [0.2, 0.25) is 0 Å². The first-order chi connectivity index (χ1) is 6.25. The minimum absolute atomic E-state index is 0.140. The van der Waals surface area contributed by atoms with Crippen LogP contribution in [0.3, 0.4) is 0 Å². The van der Waals surface area contributed by atoms with Crippen molar-refractivity contribution in [3.05, 3.63) is 0 Å². The molecule has 1 saturated heterocycles. The Bertz CT molecular complexity index is 236. The molecule has 1 aliphatic carbocycles. The van der Waals surface area contributed by atoms with E-state index in [2.05, 4.69) is 10.6 Å². The fourth-order valence-electron chi connectivity index (χ4n) is 1.52. The molecule has 4 heteroatoms. The number of piperidine rings is 1. The van der Waals surface area contributed by atoms with Crippen molar-refractivity contribution in [3.63, 3.8) is 0 Å². The van der Waals surface area contributed by atoms with E-state index >= 15 is 0 Å². The number of hydrogen-bond acceptors (Lipinski definition) is 3. The third kappa shape index (κ3) is 2.28. The number of nitrogens with one attached hydrogen (secondary N) is 2. The van der Waals surface area contributed by atoms with Gasteiger partial charge in [0.1, 0.15) is 0 Å². The van der Waals surface area contributed by atoms with E-state index in [1.54, 1.807) is 0 Å². The molecule has 1 unspecified atom stereocenters. The predicted octanol–water partition coefficient (Wildman–Crippen LogP) is -0.209. The summed E-state index contributed by atoms with van der Waals surface area (Å²) >= 11 is 0. The van der Waals surface area contributed by atoms with Crippen LogP contribution in [0.4, 0.5) is 0 Å². The maximum Gasteiger partial charge on any atom is 0.243 e. The number of carbonyl (C=O) groups is 2. The van der Waals surface area contributed by atoms with Crippen LogP contribution in [0, 0.1) is 5.92 Å². The molecule has 4 nitrogen and oxygen atoms in total. The van der Waals surface area contributed by atoms with Crippen molar-refractivity contribution in [1.29, 1.82) is 0 Å². The van der Waals surface area contributed by atoms with Gasteiger partial charge in [0.05, 0.1) is 6.04 Å². The Labute approximate surface area is 77.1 Å². The van der Waals surface area contributed by atoms with Gasteiger partial charge in [0.2, 0.25) is 11.8 Å². The molecule has 2 amide bonds. The standard InChI is InChI=1S/C9H14N2O2/c12-8-4-3-7(9(13)11-8)10-5-6-1-2-6/h6-7,10H,1-5H2,(H,11,12,13). The molecule has 0 aromatic heterocycles. The van der Waals surface area contributed by atoms with Gasteiger partial charge < -0.3 is 5.32 Å². The largest absolute Gasteiger partial charge is 0.306 e. The maximum absolute atomic E-state index is 11.2. The molecule has 72 valence electrons. The smallest absolute Gasteiger partial charge is 0.243 e. The summed E-state index contributed by atoms with van der Waals surface area (Å²) in [5.41, 5.74) is 0. The van der Waals surface area contributed by atoms with Crippen molar-refractivity contribution in [1.82, 2.24) is 10.6 Å². The lowest BCUT2D eigenvalue weighted by Crippen LogP contribution is -2.51. The van der Waals surface area contributed by atoms with Crippen LogP contribution in [0.25, 0.3) is 0 Å². The summed E-state index contributed by atoms with van der Waals surface area (Å²) < 4.78 is 0. The zero-order chi connectivity index (χ0) is 9.26. The second-order valence-electron chi connectivity index (χ2n) is 3.86. The van der Waals surface area contributed by atoms with Gasteiger partial charge >= 0.3 is 0 Å². The summed E-state index contributed by atoms with van der Waals surface area (Å²) in [7, 11) is 0. The lowest BCUT2D eigenvalue weighted by atomic mass is 10.1. The van der Waals surface area contributed by atoms with Crippen LogP contribution < -0.4 is 10.6 Å². The molecule has 1 heterocycles. The lowest BCUT2D eigenvalue weighted by molar-refractivity contribution is -0.134. The molecule has 0 aromatic carbocycles. The molecule has 0 bridgehead atoms. The van der Waals surface area contributed by atoms with Crippen molar-refractivity contribution in [3.8, 4) is 0 Å². The molecule has 1 atom stereocenters. The number of amides is 2. The van der Waals surface area contributed by atoms with E-state index in [1.165, 1.54) is 12.8 Å². The van der Waals surface area contributed by atoms with E-state index in [-0.39, 0.29) is 17.9 Å². The number of imide groups is 1. The quantitative estimate of drug-likeness (QED) is 0.594. The van der Waals surface area contributed by atoms with Crippen LogP contribution >= 0.6 is 0 Å². The molecule has 2 rings (SSSR count). The summed E-state index contributed by atoms with van der Waals surface area (Å²) in [6.07, 6.45) is 3.67. The lowest BCUT2D eigenvalue weighted by Gasteiger charge is -2.21. The van der Waals surface area contributed by atoms with Gasteiger partial charge in [-0.25, -0.2) is 0 Å². The zero-order valence-corrected chi connectivity index (χ0v) is 7.51. The van der Waals surface area contributed by atoms with Gasteiger partial charge in [0.25, 0.3) is 0 Å². The summed E-state index contributed by atoms with van der Waals surface area (Å²) in [4.78, 5) is 22.1. The molecular formula is C9H14N2O2. The van der Waals surface area contributed by atoms with Gasteiger partial charge in [0.15, 0.2) is 0 Å². The highest BCUT2D eigenvalue weighted by Gasteiger charge is 2.28. The fraction of sp³-hybridized carbons (Fsp3) is 0.778. The molecule has 2 N–H and O–H groups in total. The number of hydrogen-bond donors (Lipinski definition) is 2. The van der Waals surface area contributed by atoms with Crippen LogP contribution in [0.5, 0.6) is 0 Å². The molecular weight excluding hydrogens is 168 g/mol. The molecule has 0 spiro atoms.